The summed E-state index contributed by atoms with van der Waals surface area (Å²) in [6, 6.07) is 3.52. The molecule has 0 saturated carbocycles. The van der Waals surface area contributed by atoms with Gasteiger partial charge in [0.2, 0.25) is 5.82 Å². The van der Waals surface area contributed by atoms with Crippen molar-refractivity contribution >= 4 is 27.4 Å². The summed E-state index contributed by atoms with van der Waals surface area (Å²) < 4.78 is 37.8. The Morgan fingerprint density at radius 3 is 2.74 bits per heavy atom. The second-order valence-corrected chi connectivity index (χ2v) is 6.51. The lowest BCUT2D eigenvalue weighted by Gasteiger charge is -2.24. The van der Waals surface area contributed by atoms with E-state index in [4.69, 9.17) is 5.26 Å². The largest absolute Gasteiger partial charge is 0.393 e. The van der Waals surface area contributed by atoms with Crippen LogP contribution in [0, 0.1) is 11.3 Å². The fourth-order valence-corrected chi connectivity index (χ4v) is 3.63. The van der Waals surface area contributed by atoms with Gasteiger partial charge in [0, 0.05) is 10.9 Å². The number of halogens is 3. The number of thiophene rings is 1. The van der Waals surface area contributed by atoms with E-state index in [0.717, 1.165) is 37.3 Å². The summed E-state index contributed by atoms with van der Waals surface area (Å²) in [6.07, 6.45) is -3.47. The fourth-order valence-electron chi connectivity index (χ4n) is 2.58. The van der Waals surface area contributed by atoms with Crippen LogP contribution in [-0.2, 0) is 6.42 Å². The summed E-state index contributed by atoms with van der Waals surface area (Å²) in [4.78, 5) is 8.75. The van der Waals surface area contributed by atoms with Crippen molar-refractivity contribution in [2.24, 2.45) is 0 Å². The summed E-state index contributed by atoms with van der Waals surface area (Å²) in [5, 5.41) is 16.1. The number of fused-ring (bicyclic) bond motifs is 1. The van der Waals surface area contributed by atoms with Gasteiger partial charge in [0.25, 0.3) is 0 Å². The van der Waals surface area contributed by atoms with Gasteiger partial charge in [-0.1, -0.05) is 0 Å². The van der Waals surface area contributed by atoms with Gasteiger partial charge in [0.05, 0.1) is 11.8 Å². The maximum Gasteiger partial charge on any atom is 0.393 e. The number of nitrogens with zero attached hydrogens (tertiary/aromatic N) is 3. The Morgan fingerprint density at radius 1 is 1.35 bits per heavy atom. The van der Waals surface area contributed by atoms with Crippen LogP contribution in [0.1, 0.15) is 23.5 Å². The van der Waals surface area contributed by atoms with Gasteiger partial charge in [-0.05, 0) is 32.0 Å². The topological polar surface area (TPSA) is 73.6 Å². The summed E-state index contributed by atoms with van der Waals surface area (Å²) >= 11 is 0.955. The molecule has 0 unspecified atom stereocenters. The minimum absolute atomic E-state index is 0.0330. The SMILES string of the molecule is N#Cc1nc(NC2CCNCC2)c2cc(CC(F)(F)F)sc2n1. The summed E-state index contributed by atoms with van der Waals surface area (Å²) in [5.74, 6) is 0.414. The minimum atomic E-state index is -4.27. The average molecular weight is 341 g/mol. The third kappa shape index (κ3) is 3.89. The van der Waals surface area contributed by atoms with E-state index < -0.39 is 12.6 Å². The standard InChI is InChI=1S/C14H14F3N5S/c15-14(16,17)6-9-5-10-12(20-8-1-3-19-4-2-8)21-11(7-18)22-13(10)23-9/h5,8,19H,1-4,6H2,(H,20,21,22). The van der Waals surface area contributed by atoms with Crippen molar-refractivity contribution in [3.05, 3.63) is 16.8 Å². The van der Waals surface area contributed by atoms with Crippen molar-refractivity contribution in [2.75, 3.05) is 18.4 Å². The van der Waals surface area contributed by atoms with Gasteiger partial charge in [-0.15, -0.1) is 11.3 Å². The number of alkyl halides is 3. The van der Waals surface area contributed by atoms with Crippen LogP contribution in [0.15, 0.2) is 6.07 Å². The molecule has 3 heterocycles. The fraction of sp³-hybridized carbons (Fsp3) is 0.500. The normalized spacial score (nSPS) is 16.4. The molecule has 0 radical (unpaired) electrons. The zero-order valence-electron chi connectivity index (χ0n) is 12.1. The quantitative estimate of drug-likeness (QED) is 0.898. The molecule has 122 valence electrons. The lowest BCUT2D eigenvalue weighted by atomic mass is 10.1. The van der Waals surface area contributed by atoms with E-state index in [0.29, 0.717) is 16.0 Å². The number of nitrogens with one attached hydrogen (secondary N) is 2. The third-order valence-electron chi connectivity index (χ3n) is 3.60. The second-order valence-electron chi connectivity index (χ2n) is 5.40. The Hall–Kier alpha value is -1.92. The Morgan fingerprint density at radius 2 is 2.09 bits per heavy atom. The molecule has 1 aliphatic heterocycles. The van der Waals surface area contributed by atoms with E-state index in [1.54, 1.807) is 0 Å². The molecule has 23 heavy (non-hydrogen) atoms. The van der Waals surface area contributed by atoms with Crippen LogP contribution in [-0.4, -0.2) is 35.3 Å². The predicted octanol–water partition coefficient (Wildman–Crippen LogP) is 2.83. The number of anilines is 1. The first kappa shape index (κ1) is 16.0. The lowest BCUT2D eigenvalue weighted by Crippen LogP contribution is -2.35. The number of hydrogen-bond donors (Lipinski definition) is 2. The van der Waals surface area contributed by atoms with Gasteiger partial charge in [0.15, 0.2) is 0 Å². The van der Waals surface area contributed by atoms with E-state index in [2.05, 4.69) is 20.6 Å². The molecule has 0 aliphatic carbocycles. The molecule has 9 heteroatoms. The van der Waals surface area contributed by atoms with Crippen molar-refractivity contribution in [1.29, 1.82) is 5.26 Å². The van der Waals surface area contributed by atoms with Gasteiger partial charge >= 0.3 is 6.18 Å². The molecule has 2 aromatic heterocycles. The number of aromatic nitrogens is 2. The van der Waals surface area contributed by atoms with Crippen molar-refractivity contribution < 1.29 is 13.2 Å². The van der Waals surface area contributed by atoms with E-state index in [1.165, 1.54) is 6.07 Å². The highest BCUT2D eigenvalue weighted by molar-refractivity contribution is 7.18. The van der Waals surface area contributed by atoms with E-state index in [9.17, 15) is 13.2 Å². The van der Waals surface area contributed by atoms with Crippen molar-refractivity contribution in [3.8, 4) is 6.07 Å². The summed E-state index contributed by atoms with van der Waals surface area (Å²) in [7, 11) is 0. The Kier molecular flexibility index (Phi) is 4.37. The maximum atomic E-state index is 12.6. The van der Waals surface area contributed by atoms with Gasteiger partial charge in [-0.2, -0.15) is 18.4 Å². The first-order valence-corrected chi connectivity index (χ1v) is 8.01. The maximum absolute atomic E-state index is 12.6. The van der Waals surface area contributed by atoms with Crippen molar-refractivity contribution in [3.63, 3.8) is 0 Å². The lowest BCUT2D eigenvalue weighted by molar-refractivity contribution is -0.126. The second kappa shape index (κ2) is 6.29. The van der Waals surface area contributed by atoms with Crippen LogP contribution in [0.25, 0.3) is 10.2 Å². The Balaban J connectivity index is 1.95. The van der Waals surface area contributed by atoms with Gasteiger partial charge in [-0.25, -0.2) is 9.97 Å². The van der Waals surface area contributed by atoms with Crippen LogP contribution < -0.4 is 10.6 Å². The molecular formula is C14H14F3N5S. The smallest absolute Gasteiger partial charge is 0.367 e. The number of hydrogen-bond acceptors (Lipinski definition) is 6. The Bertz CT molecular complexity index is 743. The monoisotopic (exact) mass is 341 g/mol. The molecule has 0 bridgehead atoms. The van der Waals surface area contributed by atoms with Gasteiger partial charge < -0.3 is 10.6 Å². The minimum Gasteiger partial charge on any atom is -0.367 e. The number of piperidine rings is 1. The predicted molar refractivity (Wildman–Crippen MR) is 81.4 cm³/mol. The van der Waals surface area contributed by atoms with Crippen LogP contribution in [0.5, 0.6) is 0 Å². The first-order valence-electron chi connectivity index (χ1n) is 7.19. The first-order chi connectivity index (χ1) is 10.9. The highest BCUT2D eigenvalue weighted by atomic mass is 32.1. The highest BCUT2D eigenvalue weighted by Gasteiger charge is 2.29. The zero-order chi connectivity index (χ0) is 16.4. The molecule has 0 aromatic carbocycles. The van der Waals surface area contributed by atoms with Gasteiger partial charge in [0.1, 0.15) is 16.7 Å². The molecular weight excluding hydrogens is 327 g/mol. The molecule has 2 N–H and O–H groups in total. The van der Waals surface area contributed by atoms with Crippen LogP contribution in [0.2, 0.25) is 0 Å². The molecule has 0 amide bonds. The molecule has 3 rings (SSSR count). The Labute approximate surface area is 134 Å². The summed E-state index contributed by atoms with van der Waals surface area (Å²) in [6.45, 7) is 1.75. The van der Waals surface area contributed by atoms with Gasteiger partial charge in [-0.3, -0.25) is 0 Å². The molecule has 1 fully saturated rings. The molecule has 2 aromatic rings. The molecule has 5 nitrogen and oxygen atoms in total. The van der Waals surface area contributed by atoms with Crippen molar-refractivity contribution in [2.45, 2.75) is 31.5 Å². The van der Waals surface area contributed by atoms with E-state index in [1.807, 2.05) is 6.07 Å². The number of rotatable bonds is 3. The van der Waals surface area contributed by atoms with E-state index >= 15 is 0 Å². The molecule has 1 aliphatic rings. The van der Waals surface area contributed by atoms with E-state index in [-0.39, 0.29) is 16.7 Å². The molecule has 1 saturated heterocycles. The average Bonchev–Trinajstić information content (AvgIpc) is 2.88. The molecule has 0 atom stereocenters. The third-order valence-corrected chi connectivity index (χ3v) is 4.63. The number of nitriles is 1. The zero-order valence-corrected chi connectivity index (χ0v) is 12.9. The molecule has 0 spiro atoms. The van der Waals surface area contributed by atoms with Crippen LogP contribution >= 0.6 is 11.3 Å². The summed E-state index contributed by atoms with van der Waals surface area (Å²) in [5.41, 5.74) is 0. The highest BCUT2D eigenvalue weighted by Crippen LogP contribution is 2.33. The van der Waals surface area contributed by atoms with Crippen molar-refractivity contribution in [1.82, 2.24) is 15.3 Å². The van der Waals surface area contributed by atoms with Crippen LogP contribution in [0.3, 0.4) is 0 Å². The van der Waals surface area contributed by atoms with Crippen LogP contribution in [0.4, 0.5) is 19.0 Å².